The van der Waals surface area contributed by atoms with Crippen LogP contribution in [-0.2, 0) is 10.0 Å². The van der Waals surface area contributed by atoms with E-state index in [1.807, 2.05) is 24.3 Å². The Balaban J connectivity index is 1.48. The van der Waals surface area contributed by atoms with Crippen LogP contribution >= 0.6 is 0 Å². The van der Waals surface area contributed by atoms with E-state index in [0.29, 0.717) is 28.0 Å². The van der Waals surface area contributed by atoms with Gasteiger partial charge in [0, 0.05) is 41.0 Å². The number of fused-ring (bicyclic) bond motifs is 1. The molecule has 2 aromatic carbocycles. The third kappa shape index (κ3) is 4.84. The zero-order valence-electron chi connectivity index (χ0n) is 19.0. The fourth-order valence-corrected chi connectivity index (χ4v) is 5.11. The summed E-state index contributed by atoms with van der Waals surface area (Å²) < 4.78 is 29.6. The average Bonchev–Trinajstić information content (AvgIpc) is 3.30. The van der Waals surface area contributed by atoms with E-state index in [-0.39, 0.29) is 22.9 Å². The number of amides is 1. The van der Waals surface area contributed by atoms with Crippen LogP contribution in [0.4, 0.5) is 0 Å². The molecule has 35 heavy (non-hydrogen) atoms. The first-order valence-corrected chi connectivity index (χ1v) is 13.0. The summed E-state index contributed by atoms with van der Waals surface area (Å²) in [6.45, 7) is 0. The molecule has 0 bridgehead atoms. The summed E-state index contributed by atoms with van der Waals surface area (Å²) in [7, 11) is -3.84. The molecular weight excluding hydrogens is 464 g/mol. The Kier molecular flexibility index (Phi) is 6.14. The Morgan fingerprint density at radius 3 is 2.57 bits per heavy atom. The van der Waals surface area contributed by atoms with Crippen molar-refractivity contribution in [2.75, 3.05) is 0 Å². The molecule has 8 nitrogen and oxygen atoms in total. The molecule has 2 aromatic heterocycles. The minimum Gasteiger partial charge on any atom is -0.454 e. The predicted molar refractivity (Wildman–Crippen MR) is 134 cm³/mol. The highest BCUT2D eigenvalue weighted by Gasteiger charge is 2.24. The molecule has 2 atom stereocenters. The summed E-state index contributed by atoms with van der Waals surface area (Å²) in [5.41, 5.74) is 10.0. The number of benzene rings is 2. The highest BCUT2D eigenvalue weighted by atomic mass is 32.2. The van der Waals surface area contributed by atoms with Crippen LogP contribution in [0, 0.1) is 0 Å². The van der Waals surface area contributed by atoms with Crippen LogP contribution in [0.15, 0.2) is 76.2 Å². The van der Waals surface area contributed by atoms with Crippen molar-refractivity contribution in [2.45, 2.75) is 42.7 Å². The Bertz CT molecular complexity index is 1510. The maximum Gasteiger partial charge on any atom is 0.251 e. The average molecular weight is 491 g/mol. The van der Waals surface area contributed by atoms with Crippen LogP contribution < -0.4 is 16.2 Å². The smallest absolute Gasteiger partial charge is 0.251 e. The van der Waals surface area contributed by atoms with Crippen molar-refractivity contribution in [3.05, 3.63) is 72.4 Å². The Morgan fingerprint density at radius 1 is 1.00 bits per heavy atom. The van der Waals surface area contributed by atoms with Gasteiger partial charge >= 0.3 is 0 Å². The molecule has 0 spiro atoms. The Labute approximate surface area is 203 Å². The summed E-state index contributed by atoms with van der Waals surface area (Å²) in [6, 6.07) is 17.1. The molecule has 0 radical (unpaired) electrons. The van der Waals surface area contributed by atoms with E-state index in [1.54, 1.807) is 30.5 Å². The van der Waals surface area contributed by atoms with E-state index >= 15 is 0 Å². The van der Waals surface area contributed by atoms with E-state index in [1.165, 1.54) is 12.1 Å². The number of carbonyl (C=O) groups is 1. The van der Waals surface area contributed by atoms with Crippen LogP contribution in [0.2, 0.25) is 0 Å². The van der Waals surface area contributed by atoms with Crippen molar-refractivity contribution in [2.24, 2.45) is 10.9 Å². The van der Waals surface area contributed by atoms with Crippen LogP contribution in [0.1, 0.15) is 36.0 Å². The normalized spacial score (nSPS) is 18.5. The lowest BCUT2D eigenvalue weighted by molar-refractivity contribution is 0.0921. The maximum atomic E-state index is 12.9. The van der Waals surface area contributed by atoms with E-state index in [0.717, 1.165) is 36.8 Å². The molecule has 0 saturated heterocycles. The van der Waals surface area contributed by atoms with Gasteiger partial charge in [-0.3, -0.25) is 9.78 Å². The molecule has 1 aliphatic rings. The number of nitrogens with zero attached hydrogens (tertiary/aromatic N) is 1. The molecule has 5 N–H and O–H groups in total. The number of hydrogen-bond acceptors (Lipinski definition) is 6. The second-order valence-corrected chi connectivity index (χ2v) is 10.4. The number of nitrogens with one attached hydrogen (secondary N) is 1. The molecule has 1 aliphatic carbocycles. The lowest BCUT2D eigenvalue weighted by Gasteiger charge is -2.29. The second kappa shape index (κ2) is 9.26. The SMILES string of the molecule is N[C@H]1CCCC[C@H]1NC(=O)c1cccc(-c2ccnc3cc(-c4cccc(S(N)(=O)=O)c4)oc23)c1. The van der Waals surface area contributed by atoms with Crippen molar-refractivity contribution in [3.63, 3.8) is 0 Å². The van der Waals surface area contributed by atoms with Gasteiger partial charge < -0.3 is 15.5 Å². The lowest BCUT2D eigenvalue weighted by atomic mass is 9.91. The van der Waals surface area contributed by atoms with Crippen molar-refractivity contribution in [1.82, 2.24) is 10.3 Å². The lowest BCUT2D eigenvalue weighted by Crippen LogP contribution is -2.49. The molecule has 5 rings (SSSR count). The molecule has 2 heterocycles. The first kappa shape index (κ1) is 23.2. The maximum absolute atomic E-state index is 12.9. The zero-order valence-corrected chi connectivity index (χ0v) is 19.8. The number of hydrogen-bond donors (Lipinski definition) is 3. The highest BCUT2D eigenvalue weighted by Crippen LogP contribution is 2.34. The second-order valence-electron chi connectivity index (χ2n) is 8.87. The van der Waals surface area contributed by atoms with Crippen LogP contribution in [-0.4, -0.2) is 31.4 Å². The van der Waals surface area contributed by atoms with Crippen LogP contribution in [0.3, 0.4) is 0 Å². The number of pyridine rings is 1. The quantitative estimate of drug-likeness (QED) is 0.388. The first-order chi connectivity index (χ1) is 16.8. The van der Waals surface area contributed by atoms with Gasteiger partial charge in [0.2, 0.25) is 10.0 Å². The van der Waals surface area contributed by atoms with Crippen molar-refractivity contribution >= 4 is 27.0 Å². The number of carbonyl (C=O) groups excluding carboxylic acids is 1. The summed E-state index contributed by atoms with van der Waals surface area (Å²) in [5, 5.41) is 8.36. The number of aromatic nitrogens is 1. The molecule has 1 fully saturated rings. The summed E-state index contributed by atoms with van der Waals surface area (Å²) in [5.74, 6) is 0.310. The number of nitrogens with two attached hydrogens (primary N) is 2. The fourth-order valence-electron chi connectivity index (χ4n) is 4.55. The Morgan fingerprint density at radius 2 is 1.77 bits per heavy atom. The van der Waals surface area contributed by atoms with Gasteiger partial charge in [-0.25, -0.2) is 13.6 Å². The first-order valence-electron chi connectivity index (χ1n) is 11.5. The van der Waals surface area contributed by atoms with E-state index in [4.69, 9.17) is 15.3 Å². The molecule has 4 aromatic rings. The van der Waals surface area contributed by atoms with Gasteiger partial charge in [-0.15, -0.1) is 0 Å². The summed E-state index contributed by atoms with van der Waals surface area (Å²) in [6.07, 6.45) is 5.64. The van der Waals surface area contributed by atoms with Crippen molar-refractivity contribution in [3.8, 4) is 22.5 Å². The van der Waals surface area contributed by atoms with E-state index < -0.39 is 10.0 Å². The molecule has 0 unspecified atom stereocenters. The van der Waals surface area contributed by atoms with Gasteiger partial charge in [0.15, 0.2) is 5.58 Å². The standard InChI is InChI=1S/C26H26N4O4S/c27-21-9-1-2-10-22(21)30-26(31)18-7-3-5-16(13-18)20-11-12-29-23-15-24(34-25(20)23)17-6-4-8-19(14-17)35(28,32)33/h3-8,11-15,21-22H,1-2,9-10,27H2,(H,30,31)(H2,28,32,33)/t21-,22+/m0/s1. The summed E-state index contributed by atoms with van der Waals surface area (Å²) >= 11 is 0. The van der Waals surface area contributed by atoms with Gasteiger partial charge in [0.05, 0.1) is 4.90 Å². The predicted octanol–water partition coefficient (Wildman–Crippen LogP) is 3.81. The van der Waals surface area contributed by atoms with Crippen molar-refractivity contribution in [1.29, 1.82) is 0 Å². The molecule has 180 valence electrons. The topological polar surface area (TPSA) is 141 Å². The van der Waals surface area contributed by atoms with Gasteiger partial charge in [-0.1, -0.05) is 37.1 Å². The van der Waals surface area contributed by atoms with Gasteiger partial charge in [-0.05, 0) is 48.7 Å². The molecule has 1 amide bonds. The van der Waals surface area contributed by atoms with E-state index in [2.05, 4.69) is 10.3 Å². The van der Waals surface area contributed by atoms with E-state index in [9.17, 15) is 13.2 Å². The van der Waals surface area contributed by atoms with Crippen LogP contribution in [0.25, 0.3) is 33.6 Å². The minimum atomic E-state index is -3.84. The number of primary sulfonamides is 1. The Hall–Kier alpha value is -3.53. The molecule has 0 aliphatic heterocycles. The molecule has 9 heteroatoms. The zero-order chi connectivity index (χ0) is 24.6. The van der Waals surface area contributed by atoms with Gasteiger partial charge in [0.1, 0.15) is 11.3 Å². The number of rotatable bonds is 5. The molecule has 1 saturated carbocycles. The molecular formula is C26H26N4O4S. The number of sulfonamides is 1. The number of furan rings is 1. The van der Waals surface area contributed by atoms with Crippen molar-refractivity contribution < 1.29 is 17.6 Å². The van der Waals surface area contributed by atoms with Gasteiger partial charge in [0.25, 0.3) is 5.91 Å². The third-order valence-corrected chi connectivity index (χ3v) is 7.34. The summed E-state index contributed by atoms with van der Waals surface area (Å²) in [4.78, 5) is 17.3. The third-order valence-electron chi connectivity index (χ3n) is 6.43. The fraction of sp³-hybridized carbons (Fsp3) is 0.231. The van der Waals surface area contributed by atoms with Gasteiger partial charge in [-0.2, -0.15) is 0 Å². The monoisotopic (exact) mass is 490 g/mol. The largest absolute Gasteiger partial charge is 0.454 e. The highest BCUT2D eigenvalue weighted by molar-refractivity contribution is 7.89. The minimum absolute atomic E-state index is 0.0000338. The van der Waals surface area contributed by atoms with Crippen LogP contribution in [0.5, 0.6) is 0 Å².